The van der Waals surface area contributed by atoms with Crippen molar-refractivity contribution in [2.24, 2.45) is 5.73 Å². The highest BCUT2D eigenvalue weighted by molar-refractivity contribution is 6.33. The van der Waals surface area contributed by atoms with Gasteiger partial charge in [0, 0.05) is 38.4 Å². The molecular formula is C16H15Cl2N3O2. The molecule has 0 fully saturated rings. The molecule has 0 saturated heterocycles. The van der Waals surface area contributed by atoms with E-state index >= 15 is 0 Å². The molecular weight excluding hydrogens is 337 g/mol. The van der Waals surface area contributed by atoms with E-state index in [9.17, 15) is 9.90 Å². The molecule has 4 N–H and O–H groups in total. The number of hydrogen-bond acceptors (Lipinski definition) is 2. The van der Waals surface area contributed by atoms with E-state index < -0.39 is 12.1 Å². The smallest absolute Gasteiger partial charge is 0.312 e. The first-order chi connectivity index (χ1) is 11.0. The second-order valence-corrected chi connectivity index (χ2v) is 6.21. The summed E-state index contributed by atoms with van der Waals surface area (Å²) in [5.41, 5.74) is 6.90. The lowest BCUT2D eigenvalue weighted by Gasteiger charge is -2.14. The van der Waals surface area contributed by atoms with Crippen LogP contribution < -0.4 is 11.1 Å². The fraction of sp³-hybridized carbons (Fsp3) is 0.188. The summed E-state index contributed by atoms with van der Waals surface area (Å²) in [6.07, 6.45) is -0.771. The number of halogens is 2. The molecule has 0 bridgehead atoms. The maximum absolute atomic E-state index is 10.8. The zero-order valence-electron chi connectivity index (χ0n) is 12.1. The van der Waals surface area contributed by atoms with Crippen molar-refractivity contribution in [1.82, 2.24) is 9.88 Å². The van der Waals surface area contributed by atoms with Gasteiger partial charge in [-0.3, -0.25) is 0 Å². The Kier molecular flexibility index (Phi) is 4.35. The number of nitrogens with zero attached hydrogens (tertiary/aromatic N) is 1. The van der Waals surface area contributed by atoms with Gasteiger partial charge in [0.25, 0.3) is 0 Å². The number of carbonyl (C=O) groups is 1. The Morgan fingerprint density at radius 1 is 1.13 bits per heavy atom. The number of hydrogen-bond donors (Lipinski definition) is 3. The van der Waals surface area contributed by atoms with Crippen LogP contribution in [-0.2, 0) is 6.54 Å². The molecule has 1 atom stereocenters. The van der Waals surface area contributed by atoms with E-state index in [-0.39, 0.29) is 6.54 Å². The van der Waals surface area contributed by atoms with Gasteiger partial charge in [0.05, 0.1) is 12.6 Å². The minimum Gasteiger partial charge on any atom is -0.389 e. The largest absolute Gasteiger partial charge is 0.389 e. The van der Waals surface area contributed by atoms with Gasteiger partial charge in [-0.05, 0) is 36.4 Å². The zero-order chi connectivity index (χ0) is 16.6. The lowest BCUT2D eigenvalue weighted by molar-refractivity contribution is 0.155. The van der Waals surface area contributed by atoms with Gasteiger partial charge in [0.1, 0.15) is 0 Å². The first kappa shape index (κ1) is 15.9. The van der Waals surface area contributed by atoms with Crippen LogP contribution in [0, 0.1) is 0 Å². The molecule has 0 saturated carbocycles. The Bertz CT molecular complexity index is 833. The monoisotopic (exact) mass is 351 g/mol. The molecule has 2 amide bonds. The van der Waals surface area contributed by atoms with Gasteiger partial charge in [0.2, 0.25) is 0 Å². The standard InChI is InChI=1S/C16H15Cl2N3O2/c17-9-1-3-14-12(5-9)13-6-10(18)2-4-15(13)21(14)8-11(22)7-20-16(19)23/h1-6,11,22H,7-8H2,(H3,19,20,23)/t11-/m0/s1. The van der Waals surface area contributed by atoms with Gasteiger partial charge < -0.3 is 20.7 Å². The molecule has 3 aromatic rings. The molecule has 2 aromatic carbocycles. The lowest BCUT2D eigenvalue weighted by atomic mass is 10.1. The molecule has 3 rings (SSSR count). The first-order valence-corrected chi connectivity index (χ1v) is 7.79. The number of fused-ring (bicyclic) bond motifs is 3. The number of aromatic nitrogens is 1. The number of aliphatic hydroxyl groups is 1. The van der Waals surface area contributed by atoms with E-state index in [0.29, 0.717) is 16.6 Å². The van der Waals surface area contributed by atoms with Crippen LogP contribution in [0.2, 0.25) is 10.0 Å². The normalized spacial score (nSPS) is 12.7. The summed E-state index contributed by atoms with van der Waals surface area (Å²) in [6.45, 7) is 0.390. The van der Waals surface area contributed by atoms with E-state index in [0.717, 1.165) is 21.8 Å². The highest BCUT2D eigenvalue weighted by Crippen LogP contribution is 2.32. The van der Waals surface area contributed by atoms with Gasteiger partial charge in [-0.25, -0.2) is 4.79 Å². The quantitative estimate of drug-likeness (QED) is 0.674. The van der Waals surface area contributed by atoms with Crippen molar-refractivity contribution in [3.8, 4) is 0 Å². The SMILES string of the molecule is NC(=O)NC[C@H](O)Cn1c2ccc(Cl)cc2c2cc(Cl)ccc21. The van der Waals surface area contributed by atoms with Gasteiger partial charge in [-0.15, -0.1) is 0 Å². The van der Waals surface area contributed by atoms with Gasteiger partial charge in [-0.1, -0.05) is 23.2 Å². The number of primary amides is 1. The molecule has 0 aliphatic carbocycles. The fourth-order valence-corrected chi connectivity index (χ4v) is 3.08. The maximum Gasteiger partial charge on any atom is 0.312 e. The van der Waals surface area contributed by atoms with Crippen molar-refractivity contribution >= 4 is 51.0 Å². The molecule has 23 heavy (non-hydrogen) atoms. The van der Waals surface area contributed by atoms with Crippen LogP contribution in [0.3, 0.4) is 0 Å². The molecule has 5 nitrogen and oxygen atoms in total. The van der Waals surface area contributed by atoms with Crippen molar-refractivity contribution in [3.63, 3.8) is 0 Å². The van der Waals surface area contributed by atoms with Crippen LogP contribution in [0.5, 0.6) is 0 Å². The molecule has 0 spiro atoms. The Balaban J connectivity index is 2.08. The summed E-state index contributed by atoms with van der Waals surface area (Å²) in [4.78, 5) is 10.8. The lowest BCUT2D eigenvalue weighted by Crippen LogP contribution is -2.37. The fourth-order valence-electron chi connectivity index (χ4n) is 2.74. The molecule has 120 valence electrons. The summed E-state index contributed by atoms with van der Waals surface area (Å²) >= 11 is 12.2. The van der Waals surface area contributed by atoms with Crippen molar-refractivity contribution in [2.45, 2.75) is 12.6 Å². The summed E-state index contributed by atoms with van der Waals surface area (Å²) in [5.74, 6) is 0. The Morgan fingerprint density at radius 3 is 2.13 bits per heavy atom. The highest BCUT2D eigenvalue weighted by Gasteiger charge is 2.14. The van der Waals surface area contributed by atoms with Crippen molar-refractivity contribution < 1.29 is 9.90 Å². The molecule has 7 heteroatoms. The summed E-state index contributed by atoms with van der Waals surface area (Å²) in [6, 6.07) is 10.5. The van der Waals surface area contributed by atoms with Gasteiger partial charge in [0.15, 0.2) is 0 Å². The number of rotatable bonds is 4. The third-order valence-corrected chi connectivity index (χ3v) is 4.16. The minimum absolute atomic E-state index is 0.0810. The predicted molar refractivity (Wildman–Crippen MR) is 93.1 cm³/mol. The van der Waals surface area contributed by atoms with Crippen LogP contribution in [0.1, 0.15) is 0 Å². The van der Waals surface area contributed by atoms with Crippen molar-refractivity contribution in [1.29, 1.82) is 0 Å². The summed E-state index contributed by atoms with van der Waals surface area (Å²) in [5, 5.41) is 15.7. The van der Waals surface area contributed by atoms with Gasteiger partial charge in [-0.2, -0.15) is 0 Å². The van der Waals surface area contributed by atoms with E-state index in [1.165, 1.54) is 0 Å². The molecule has 0 radical (unpaired) electrons. The maximum atomic E-state index is 10.8. The molecule has 0 aliphatic rings. The van der Waals surface area contributed by atoms with E-state index in [4.69, 9.17) is 28.9 Å². The topological polar surface area (TPSA) is 80.3 Å². The van der Waals surface area contributed by atoms with Gasteiger partial charge >= 0.3 is 6.03 Å². The zero-order valence-corrected chi connectivity index (χ0v) is 13.6. The number of aliphatic hydroxyl groups excluding tert-OH is 1. The average Bonchev–Trinajstić information content (AvgIpc) is 2.78. The van der Waals surface area contributed by atoms with E-state index in [1.807, 2.05) is 28.8 Å². The Morgan fingerprint density at radius 2 is 1.65 bits per heavy atom. The third-order valence-electron chi connectivity index (χ3n) is 3.69. The third kappa shape index (κ3) is 3.22. The van der Waals surface area contributed by atoms with E-state index in [2.05, 4.69) is 5.32 Å². The van der Waals surface area contributed by atoms with Crippen molar-refractivity contribution in [2.75, 3.05) is 6.54 Å². The van der Waals surface area contributed by atoms with E-state index in [1.54, 1.807) is 12.1 Å². The second-order valence-electron chi connectivity index (χ2n) is 5.33. The van der Waals surface area contributed by atoms with Crippen LogP contribution >= 0.6 is 23.2 Å². The Hall–Kier alpha value is -1.95. The van der Waals surface area contributed by atoms with Crippen LogP contribution in [0.4, 0.5) is 4.79 Å². The number of amides is 2. The molecule has 1 aromatic heterocycles. The number of nitrogens with one attached hydrogen (secondary N) is 1. The number of benzene rings is 2. The molecule has 0 unspecified atom stereocenters. The number of urea groups is 1. The highest BCUT2D eigenvalue weighted by atomic mass is 35.5. The summed E-state index contributed by atoms with van der Waals surface area (Å²) in [7, 11) is 0. The average molecular weight is 352 g/mol. The second kappa shape index (κ2) is 6.28. The molecule has 0 aliphatic heterocycles. The number of carbonyl (C=O) groups excluding carboxylic acids is 1. The predicted octanol–water partition coefficient (Wildman–Crippen LogP) is 3.13. The number of nitrogens with two attached hydrogens (primary N) is 1. The Labute approximate surface area is 142 Å². The summed E-state index contributed by atoms with van der Waals surface area (Å²) < 4.78 is 1.98. The van der Waals surface area contributed by atoms with Crippen LogP contribution in [0.25, 0.3) is 21.8 Å². The minimum atomic E-state index is -0.771. The van der Waals surface area contributed by atoms with Crippen LogP contribution in [0.15, 0.2) is 36.4 Å². The van der Waals surface area contributed by atoms with Crippen molar-refractivity contribution in [3.05, 3.63) is 46.4 Å². The first-order valence-electron chi connectivity index (χ1n) is 7.04. The molecule has 1 heterocycles. The van der Waals surface area contributed by atoms with Crippen LogP contribution in [-0.4, -0.2) is 28.4 Å².